The van der Waals surface area contributed by atoms with E-state index in [1.165, 1.54) is 11.0 Å². The number of hydrogen-bond acceptors (Lipinski definition) is 4. The smallest absolute Gasteiger partial charge is 0.241 e. The molecule has 1 aliphatic carbocycles. The Hall–Kier alpha value is -1.59. The maximum absolute atomic E-state index is 11.5. The second-order valence-corrected chi connectivity index (χ2v) is 4.08. The van der Waals surface area contributed by atoms with E-state index in [1.807, 2.05) is 0 Å². The molecule has 2 rings (SSSR count). The summed E-state index contributed by atoms with van der Waals surface area (Å²) in [5.41, 5.74) is 8.26. The number of carbonyl (C=O) groups is 1. The lowest BCUT2D eigenvalue weighted by Crippen LogP contribution is -2.25. The highest BCUT2D eigenvalue weighted by molar-refractivity contribution is 5.84. The van der Waals surface area contributed by atoms with E-state index >= 15 is 0 Å². The van der Waals surface area contributed by atoms with E-state index in [4.69, 9.17) is 5.73 Å². The lowest BCUT2D eigenvalue weighted by molar-refractivity contribution is -0.118. The van der Waals surface area contributed by atoms with Gasteiger partial charge in [0.05, 0.1) is 0 Å². The minimum atomic E-state index is -0.0449. The van der Waals surface area contributed by atoms with Crippen molar-refractivity contribution in [3.05, 3.63) is 6.33 Å². The summed E-state index contributed by atoms with van der Waals surface area (Å²) in [5.74, 6) is 0.149. The highest BCUT2D eigenvalue weighted by Crippen LogP contribution is 2.47. The van der Waals surface area contributed by atoms with E-state index in [1.54, 1.807) is 0 Å². The molecule has 14 heavy (non-hydrogen) atoms. The summed E-state index contributed by atoms with van der Waals surface area (Å²) in [6, 6.07) is 0. The third kappa shape index (κ3) is 1.84. The number of nitrogens with two attached hydrogens (primary N) is 1. The van der Waals surface area contributed by atoms with Crippen LogP contribution in [0.15, 0.2) is 6.33 Å². The predicted molar refractivity (Wildman–Crippen MR) is 50.8 cm³/mol. The standard InChI is InChI=1S/C8H13N5O/c1-8(2-3-8)4-6(14)12-13-5-10-11-7(13)9/h5H,2-4H2,1H3,(H2,9,11)(H,12,14). The number of amides is 1. The van der Waals surface area contributed by atoms with Crippen molar-refractivity contribution in [2.45, 2.75) is 26.2 Å². The van der Waals surface area contributed by atoms with Crippen LogP contribution >= 0.6 is 0 Å². The maximum Gasteiger partial charge on any atom is 0.241 e. The highest BCUT2D eigenvalue weighted by atomic mass is 16.2. The molecule has 1 aromatic rings. The minimum Gasteiger partial charge on any atom is -0.366 e. The molecule has 0 unspecified atom stereocenters. The van der Waals surface area contributed by atoms with Crippen LogP contribution in [0.25, 0.3) is 0 Å². The van der Waals surface area contributed by atoms with Crippen molar-refractivity contribution in [1.29, 1.82) is 0 Å². The lowest BCUT2D eigenvalue weighted by atomic mass is 10.1. The molecule has 6 nitrogen and oxygen atoms in total. The van der Waals surface area contributed by atoms with Crippen molar-refractivity contribution in [3.63, 3.8) is 0 Å². The van der Waals surface area contributed by atoms with Crippen LogP contribution in [0.5, 0.6) is 0 Å². The summed E-state index contributed by atoms with van der Waals surface area (Å²) < 4.78 is 1.33. The Bertz CT molecular complexity index is 354. The lowest BCUT2D eigenvalue weighted by Gasteiger charge is -2.09. The summed E-state index contributed by atoms with van der Waals surface area (Å²) in [4.78, 5) is 11.5. The number of carbonyl (C=O) groups excluding carboxylic acids is 1. The van der Waals surface area contributed by atoms with E-state index < -0.39 is 0 Å². The van der Waals surface area contributed by atoms with E-state index in [-0.39, 0.29) is 17.3 Å². The molecule has 1 fully saturated rings. The van der Waals surface area contributed by atoms with Crippen molar-refractivity contribution < 1.29 is 4.79 Å². The van der Waals surface area contributed by atoms with E-state index in [9.17, 15) is 4.79 Å². The molecule has 0 aromatic carbocycles. The molecule has 1 saturated carbocycles. The molecular formula is C8H13N5O. The largest absolute Gasteiger partial charge is 0.366 e. The van der Waals surface area contributed by atoms with Crippen molar-refractivity contribution in [2.75, 3.05) is 11.2 Å². The molecule has 0 bridgehead atoms. The van der Waals surface area contributed by atoms with Crippen LogP contribution in [-0.4, -0.2) is 20.8 Å². The number of hydrogen-bond donors (Lipinski definition) is 2. The molecule has 0 radical (unpaired) electrons. The monoisotopic (exact) mass is 195 g/mol. The quantitative estimate of drug-likeness (QED) is 0.717. The predicted octanol–water partition coefficient (Wildman–Crippen LogP) is 0.121. The molecule has 1 aromatic heterocycles. The van der Waals surface area contributed by atoms with E-state index in [0.717, 1.165) is 12.8 Å². The highest BCUT2D eigenvalue weighted by Gasteiger charge is 2.39. The maximum atomic E-state index is 11.5. The molecule has 1 aliphatic rings. The SMILES string of the molecule is CC1(CC(=O)Nn2cnnc2N)CC1. The number of rotatable bonds is 3. The summed E-state index contributed by atoms with van der Waals surface area (Å²) in [7, 11) is 0. The van der Waals surface area contributed by atoms with E-state index in [2.05, 4.69) is 22.5 Å². The summed E-state index contributed by atoms with van der Waals surface area (Å²) in [5, 5.41) is 7.12. The van der Waals surface area contributed by atoms with Gasteiger partial charge < -0.3 is 5.73 Å². The number of nitrogens with one attached hydrogen (secondary N) is 1. The van der Waals surface area contributed by atoms with Crippen LogP contribution in [-0.2, 0) is 4.79 Å². The third-order valence-electron chi connectivity index (χ3n) is 2.51. The van der Waals surface area contributed by atoms with Gasteiger partial charge in [-0.25, -0.2) is 4.68 Å². The van der Waals surface area contributed by atoms with Crippen LogP contribution in [0.4, 0.5) is 5.95 Å². The van der Waals surface area contributed by atoms with Crippen molar-refractivity contribution >= 4 is 11.9 Å². The Labute approximate surface area is 81.5 Å². The average Bonchev–Trinajstić information content (AvgIpc) is 2.67. The summed E-state index contributed by atoms with van der Waals surface area (Å²) in [6.07, 6.45) is 4.16. The Morgan fingerprint density at radius 2 is 2.50 bits per heavy atom. The van der Waals surface area contributed by atoms with Crippen LogP contribution in [0.2, 0.25) is 0 Å². The van der Waals surface area contributed by atoms with Gasteiger partial charge in [0.1, 0.15) is 6.33 Å². The number of nitrogens with zero attached hydrogens (tertiary/aromatic N) is 3. The molecule has 1 amide bonds. The molecule has 3 N–H and O–H groups in total. The number of anilines is 1. The van der Waals surface area contributed by atoms with E-state index in [0.29, 0.717) is 6.42 Å². The van der Waals surface area contributed by atoms with Gasteiger partial charge in [0.15, 0.2) is 0 Å². The minimum absolute atomic E-state index is 0.0449. The fourth-order valence-electron chi connectivity index (χ4n) is 1.28. The van der Waals surface area contributed by atoms with Gasteiger partial charge in [0.25, 0.3) is 0 Å². The van der Waals surface area contributed by atoms with Gasteiger partial charge >= 0.3 is 0 Å². The van der Waals surface area contributed by atoms with Crippen LogP contribution in [0, 0.1) is 5.41 Å². The zero-order chi connectivity index (χ0) is 10.2. The normalized spacial score (nSPS) is 17.8. The second kappa shape index (κ2) is 2.97. The summed E-state index contributed by atoms with van der Waals surface area (Å²) >= 11 is 0. The van der Waals surface area contributed by atoms with Gasteiger partial charge in [-0.2, -0.15) is 0 Å². The van der Waals surface area contributed by atoms with Crippen molar-refractivity contribution in [2.24, 2.45) is 5.41 Å². The molecule has 76 valence electrons. The average molecular weight is 195 g/mol. The van der Waals surface area contributed by atoms with Gasteiger partial charge in [0, 0.05) is 6.42 Å². The van der Waals surface area contributed by atoms with Crippen molar-refractivity contribution in [1.82, 2.24) is 14.9 Å². The van der Waals surface area contributed by atoms with Gasteiger partial charge in [-0.1, -0.05) is 6.92 Å². The van der Waals surface area contributed by atoms with Crippen molar-refractivity contribution in [3.8, 4) is 0 Å². The molecule has 1 heterocycles. The molecule has 0 atom stereocenters. The van der Waals surface area contributed by atoms with Gasteiger partial charge in [-0.3, -0.25) is 10.2 Å². The fourth-order valence-corrected chi connectivity index (χ4v) is 1.28. The first kappa shape index (κ1) is 8.98. The molecule has 0 saturated heterocycles. The first-order valence-corrected chi connectivity index (χ1v) is 4.54. The van der Waals surface area contributed by atoms with Crippen LogP contribution in [0.1, 0.15) is 26.2 Å². The van der Waals surface area contributed by atoms with Gasteiger partial charge in [0.2, 0.25) is 11.9 Å². The first-order chi connectivity index (χ1) is 6.59. The number of aromatic nitrogens is 3. The van der Waals surface area contributed by atoms with Gasteiger partial charge in [-0.15, -0.1) is 10.2 Å². The Balaban J connectivity index is 1.91. The zero-order valence-electron chi connectivity index (χ0n) is 8.03. The topological polar surface area (TPSA) is 85.8 Å². The zero-order valence-corrected chi connectivity index (χ0v) is 8.03. The van der Waals surface area contributed by atoms with Crippen LogP contribution < -0.4 is 11.2 Å². The number of nitrogen functional groups attached to an aromatic ring is 1. The second-order valence-electron chi connectivity index (χ2n) is 4.08. The molecule has 0 spiro atoms. The Morgan fingerprint density at radius 3 is 3.00 bits per heavy atom. The first-order valence-electron chi connectivity index (χ1n) is 4.54. The third-order valence-corrected chi connectivity index (χ3v) is 2.51. The Kier molecular flexibility index (Phi) is 1.90. The Morgan fingerprint density at radius 1 is 1.79 bits per heavy atom. The van der Waals surface area contributed by atoms with Gasteiger partial charge in [-0.05, 0) is 18.3 Å². The molecular weight excluding hydrogens is 182 g/mol. The summed E-state index contributed by atoms with van der Waals surface area (Å²) in [6.45, 7) is 2.10. The van der Waals surface area contributed by atoms with Crippen LogP contribution in [0.3, 0.4) is 0 Å². The molecule has 0 aliphatic heterocycles. The fraction of sp³-hybridized carbons (Fsp3) is 0.625. The molecule has 6 heteroatoms.